The Morgan fingerprint density at radius 3 is 1.66 bits per heavy atom. The number of carbonyl (C=O) groups excluding carboxylic acids is 4. The normalized spacial score (nSPS) is 26.4. The molecule has 1 fully saturated rings. The Hall–Kier alpha value is -3.20. The second-order valence-corrected chi connectivity index (χ2v) is 11.7. The van der Waals surface area contributed by atoms with E-state index in [0.29, 0.717) is 27.8 Å². The number of carbonyl (C=O) groups is 4. The first-order valence-electron chi connectivity index (χ1n) is 12.0. The van der Waals surface area contributed by atoms with Crippen LogP contribution in [0, 0.1) is 11.8 Å². The fraction of sp³-hybridized carbons (Fsp3) is 0.214. The van der Waals surface area contributed by atoms with Gasteiger partial charge >= 0.3 is 0 Å². The lowest BCUT2D eigenvalue weighted by molar-refractivity contribution is -0.140. The third kappa shape index (κ3) is 3.40. The number of hydrogen-bond donors (Lipinski definition) is 2. The van der Waals surface area contributed by atoms with E-state index in [2.05, 4.69) is 26.8 Å². The molecule has 1 saturated heterocycles. The number of hydrazine groups is 1. The molecule has 192 valence electrons. The van der Waals surface area contributed by atoms with Crippen molar-refractivity contribution in [1.29, 1.82) is 0 Å². The Bertz CT molecular complexity index is 1400. The smallest absolute Gasteiger partial charge is 0.269 e. The van der Waals surface area contributed by atoms with Crippen LogP contribution in [0.15, 0.2) is 77.3 Å². The van der Waals surface area contributed by atoms with Gasteiger partial charge in [-0.1, -0.05) is 64.5 Å². The number of alkyl halides is 2. The van der Waals surface area contributed by atoms with E-state index in [0.717, 1.165) is 9.37 Å². The van der Waals surface area contributed by atoms with Crippen molar-refractivity contribution < 1.29 is 19.2 Å². The molecule has 3 aliphatic carbocycles. The van der Waals surface area contributed by atoms with Crippen LogP contribution in [0.5, 0.6) is 0 Å². The van der Waals surface area contributed by atoms with Gasteiger partial charge in [0, 0.05) is 23.0 Å². The van der Waals surface area contributed by atoms with Crippen molar-refractivity contribution in [1.82, 2.24) is 15.8 Å². The average molecular weight is 613 g/mol. The maximum Gasteiger partial charge on any atom is 0.269 e. The number of halogens is 3. The molecule has 38 heavy (non-hydrogen) atoms. The van der Waals surface area contributed by atoms with Crippen LogP contribution in [0.1, 0.15) is 39.0 Å². The van der Waals surface area contributed by atoms with Crippen molar-refractivity contribution in [2.75, 3.05) is 6.54 Å². The van der Waals surface area contributed by atoms with Crippen molar-refractivity contribution in [3.8, 4) is 0 Å². The zero-order valence-electron chi connectivity index (χ0n) is 19.7. The van der Waals surface area contributed by atoms with Gasteiger partial charge in [-0.05, 0) is 46.5 Å². The molecule has 0 unspecified atom stereocenters. The van der Waals surface area contributed by atoms with E-state index in [-0.39, 0.29) is 13.0 Å². The molecule has 3 aromatic carbocycles. The van der Waals surface area contributed by atoms with Crippen molar-refractivity contribution >= 4 is 62.8 Å². The minimum atomic E-state index is -1.27. The number of rotatable bonds is 4. The number of hydrogen-bond acceptors (Lipinski definition) is 4. The van der Waals surface area contributed by atoms with Gasteiger partial charge in [-0.15, -0.1) is 23.2 Å². The van der Waals surface area contributed by atoms with Gasteiger partial charge in [-0.3, -0.25) is 34.9 Å². The molecule has 1 heterocycles. The maximum absolute atomic E-state index is 13.8. The molecule has 0 aromatic heterocycles. The van der Waals surface area contributed by atoms with Gasteiger partial charge in [0.25, 0.3) is 5.91 Å². The predicted octanol–water partition coefficient (Wildman–Crippen LogP) is 4.19. The summed E-state index contributed by atoms with van der Waals surface area (Å²) in [6.45, 7) is -0.169. The number of nitrogens with one attached hydrogen (secondary N) is 2. The zero-order valence-corrected chi connectivity index (χ0v) is 22.8. The lowest BCUT2D eigenvalue weighted by atomic mass is 9.54. The van der Waals surface area contributed by atoms with Crippen LogP contribution in [-0.4, -0.2) is 35.1 Å². The second kappa shape index (κ2) is 8.93. The lowest BCUT2D eigenvalue weighted by Gasteiger charge is -2.54. The van der Waals surface area contributed by atoms with Gasteiger partial charge in [-0.25, -0.2) is 0 Å². The van der Waals surface area contributed by atoms with Crippen LogP contribution < -0.4 is 10.9 Å². The fourth-order valence-electron chi connectivity index (χ4n) is 6.02. The van der Waals surface area contributed by atoms with Gasteiger partial charge in [0.15, 0.2) is 0 Å². The fourth-order valence-corrected chi connectivity index (χ4v) is 7.38. The standard InChI is InChI=1S/C28H20BrCl2N3O4/c29-16-11-9-15(10-12-16)24(36)33-32-21(35)13-14-34-25(37)22-23(26(34)38)28(31)18-6-2-1-5-17(18)27(22,30)19-7-3-4-8-20(19)28/h1-12,22-23H,13-14H2,(H,32,35)(H,33,36)/t22-,23+,27?,28?. The van der Waals surface area contributed by atoms with Crippen LogP contribution in [0.25, 0.3) is 0 Å². The maximum atomic E-state index is 13.8. The van der Waals surface area contributed by atoms with Crippen molar-refractivity contribution in [3.63, 3.8) is 0 Å². The molecular formula is C28H20BrCl2N3O4. The van der Waals surface area contributed by atoms with Gasteiger partial charge in [0.1, 0.15) is 9.75 Å². The molecule has 1 aliphatic heterocycles. The highest BCUT2D eigenvalue weighted by Crippen LogP contribution is 2.69. The van der Waals surface area contributed by atoms with Crippen LogP contribution in [0.3, 0.4) is 0 Å². The molecule has 0 radical (unpaired) electrons. The summed E-state index contributed by atoms with van der Waals surface area (Å²) in [5, 5.41) is 0. The summed E-state index contributed by atoms with van der Waals surface area (Å²) < 4.78 is 0.815. The Kier molecular flexibility index (Phi) is 5.90. The summed E-state index contributed by atoms with van der Waals surface area (Å²) in [7, 11) is 0. The van der Waals surface area contributed by atoms with E-state index in [1.54, 1.807) is 24.3 Å². The summed E-state index contributed by atoms with van der Waals surface area (Å²) >= 11 is 18.0. The molecular weight excluding hydrogens is 593 g/mol. The summed E-state index contributed by atoms with van der Waals surface area (Å²) in [5.41, 5.74) is 7.90. The predicted molar refractivity (Wildman–Crippen MR) is 144 cm³/mol. The van der Waals surface area contributed by atoms with Gasteiger partial charge in [0.05, 0.1) is 11.8 Å². The van der Waals surface area contributed by atoms with E-state index in [9.17, 15) is 19.2 Å². The Balaban J connectivity index is 1.23. The average Bonchev–Trinajstić information content (AvgIpc) is 3.19. The number of benzene rings is 3. The van der Waals surface area contributed by atoms with E-state index < -0.39 is 45.2 Å². The van der Waals surface area contributed by atoms with E-state index in [1.807, 2.05) is 48.5 Å². The quantitative estimate of drug-likeness (QED) is 0.262. The molecule has 10 heteroatoms. The summed E-state index contributed by atoms with van der Waals surface area (Å²) in [5.74, 6) is -3.81. The van der Waals surface area contributed by atoms with Crippen molar-refractivity contribution in [2.24, 2.45) is 11.8 Å². The first-order chi connectivity index (χ1) is 18.2. The molecule has 4 aliphatic rings. The molecule has 0 spiro atoms. The lowest BCUT2D eigenvalue weighted by Crippen LogP contribution is -2.57. The van der Waals surface area contributed by atoms with Crippen LogP contribution in [-0.2, 0) is 24.1 Å². The molecule has 7 rings (SSSR count). The van der Waals surface area contributed by atoms with Crippen LogP contribution in [0.2, 0.25) is 0 Å². The molecule has 0 saturated carbocycles. The van der Waals surface area contributed by atoms with Crippen molar-refractivity contribution in [2.45, 2.75) is 16.2 Å². The molecule has 4 amide bonds. The van der Waals surface area contributed by atoms with E-state index in [1.165, 1.54) is 0 Å². The van der Waals surface area contributed by atoms with Gasteiger partial charge in [0.2, 0.25) is 17.7 Å². The number of likely N-dealkylation sites (tertiary alicyclic amines) is 1. The Morgan fingerprint density at radius 1 is 0.763 bits per heavy atom. The minimum absolute atomic E-state index is 0.169. The monoisotopic (exact) mass is 611 g/mol. The van der Waals surface area contributed by atoms with Crippen LogP contribution in [0.4, 0.5) is 0 Å². The summed E-state index contributed by atoms with van der Waals surface area (Å²) in [6.07, 6.45) is -0.206. The third-order valence-electron chi connectivity index (χ3n) is 7.66. The zero-order chi connectivity index (χ0) is 26.8. The summed E-state index contributed by atoms with van der Waals surface area (Å²) in [6, 6.07) is 21.4. The SMILES string of the molecule is O=C(CCN1C(=O)[C@@H]2[C@H](C1=O)C1(Cl)c3ccccc3C2(Cl)c2ccccc21)NNC(=O)c1ccc(Br)cc1. The largest absolute Gasteiger partial charge is 0.281 e. The topological polar surface area (TPSA) is 95.6 Å². The molecule has 7 nitrogen and oxygen atoms in total. The Labute approximate surface area is 236 Å². The molecule has 2 bridgehead atoms. The molecule has 2 atom stereocenters. The first kappa shape index (κ1) is 25.1. The van der Waals surface area contributed by atoms with Gasteiger partial charge < -0.3 is 0 Å². The highest BCUT2D eigenvalue weighted by Gasteiger charge is 2.72. The first-order valence-corrected chi connectivity index (χ1v) is 13.5. The third-order valence-corrected chi connectivity index (χ3v) is 9.47. The number of amides is 4. The molecule has 3 aromatic rings. The van der Waals surface area contributed by atoms with Crippen molar-refractivity contribution in [3.05, 3.63) is 105 Å². The number of nitrogens with zero attached hydrogens (tertiary/aromatic N) is 1. The highest BCUT2D eigenvalue weighted by molar-refractivity contribution is 9.10. The highest BCUT2D eigenvalue weighted by atomic mass is 79.9. The second-order valence-electron chi connectivity index (χ2n) is 9.56. The molecule has 2 N–H and O–H groups in total. The number of imide groups is 1. The van der Waals surface area contributed by atoms with Gasteiger partial charge in [-0.2, -0.15) is 0 Å². The van der Waals surface area contributed by atoms with Crippen LogP contribution >= 0.6 is 39.1 Å². The van der Waals surface area contributed by atoms with E-state index >= 15 is 0 Å². The minimum Gasteiger partial charge on any atom is -0.281 e. The van der Waals surface area contributed by atoms with E-state index in [4.69, 9.17) is 23.2 Å². The summed E-state index contributed by atoms with van der Waals surface area (Å²) in [4.78, 5) is 50.8. The Morgan fingerprint density at radius 2 is 1.21 bits per heavy atom.